The largest absolute Gasteiger partial charge is 0.480 e. The number of nitrogens with one attached hydrogen (secondary N) is 3. The summed E-state index contributed by atoms with van der Waals surface area (Å²) >= 11 is 0. The molecule has 1 aromatic carbocycles. The van der Waals surface area contributed by atoms with E-state index in [-0.39, 0.29) is 116 Å². The maximum atomic E-state index is 12.4. The Kier molecular flexibility index (Phi) is 19.0. The van der Waals surface area contributed by atoms with Crippen LogP contribution in [0, 0.1) is 0 Å². The minimum Gasteiger partial charge on any atom is -0.480 e. The van der Waals surface area contributed by atoms with Crippen molar-refractivity contribution in [2.75, 3.05) is 129 Å². The Morgan fingerprint density at radius 1 is 0.755 bits per heavy atom. The number of carbonyl (C=O) groups is 5. The summed E-state index contributed by atoms with van der Waals surface area (Å²) in [6.07, 6.45) is 1.23. The molecule has 1 unspecified atom stereocenters. The molecule has 6 N–H and O–H groups in total. The zero-order valence-corrected chi connectivity index (χ0v) is 27.9. The van der Waals surface area contributed by atoms with Crippen LogP contribution in [0.3, 0.4) is 0 Å². The zero-order chi connectivity index (χ0) is 36.2. The third kappa shape index (κ3) is 15.4. The molecule has 1 amide bonds. The van der Waals surface area contributed by atoms with Gasteiger partial charge in [-0.2, -0.15) is 0 Å². The topological polar surface area (TPSA) is 248 Å². The number of carbonyl (C=O) groups excluding carboxylic acids is 2. The first kappa shape index (κ1) is 41.2. The van der Waals surface area contributed by atoms with Gasteiger partial charge in [0, 0.05) is 72.5 Å². The summed E-state index contributed by atoms with van der Waals surface area (Å²) in [6, 6.07) is -0.958. The maximum Gasteiger partial charge on any atom is 0.320 e. The Morgan fingerprint density at radius 2 is 1.27 bits per heavy atom. The SMILES string of the molecule is CNC(=O)COCCOCCNc1c(NCCCC(C(=O)O)N2CCN(CC=O)CCN(CC(=O)O)CCN(CC(=O)O)CC2)c(=O)c1=O. The zero-order valence-electron chi connectivity index (χ0n) is 27.9. The highest BCUT2D eigenvalue weighted by atomic mass is 16.5. The number of amides is 1. The van der Waals surface area contributed by atoms with E-state index < -0.39 is 34.8 Å². The maximum absolute atomic E-state index is 12.4. The number of rotatable bonds is 22. The number of aliphatic carboxylic acids is 3. The molecule has 276 valence electrons. The number of hydrogen-bond acceptors (Lipinski definition) is 15. The van der Waals surface area contributed by atoms with Crippen LogP contribution in [-0.2, 0) is 33.4 Å². The van der Waals surface area contributed by atoms with Crippen LogP contribution in [-0.4, -0.2) is 190 Å². The van der Waals surface area contributed by atoms with Gasteiger partial charge in [-0.1, -0.05) is 0 Å². The van der Waals surface area contributed by atoms with Gasteiger partial charge in [0.15, 0.2) is 0 Å². The van der Waals surface area contributed by atoms with Crippen molar-refractivity contribution in [2.24, 2.45) is 0 Å². The Labute approximate surface area is 283 Å². The monoisotopic (exact) mass is 699 g/mol. The van der Waals surface area contributed by atoms with Crippen LogP contribution in [0.15, 0.2) is 9.59 Å². The summed E-state index contributed by atoms with van der Waals surface area (Å²) in [5.74, 6) is -3.42. The van der Waals surface area contributed by atoms with Crippen molar-refractivity contribution in [3.63, 3.8) is 0 Å². The quantitative estimate of drug-likeness (QED) is 0.0394. The fourth-order valence-electron chi connectivity index (χ4n) is 5.26. The van der Waals surface area contributed by atoms with Crippen LogP contribution in [0.1, 0.15) is 12.8 Å². The average molecular weight is 700 g/mol. The standard InChI is InChI=1S/C30H49N7O12/c1-31-23(39)21-49-18-17-48-16-5-33-27-26(28(44)29(27)45)32-4-2-3-22(30(46)47)37-12-10-34(14-15-38)6-7-35(19-24(40)41)8-9-36(11-13-37)20-25(42)43/h15,22,32-33H,2-14,16-21H2,1H3,(H,31,39)(H,40,41)(H,42,43)(H,46,47). The minimum atomic E-state index is -1.08. The molecule has 1 aliphatic rings. The van der Waals surface area contributed by atoms with Gasteiger partial charge < -0.3 is 45.5 Å². The van der Waals surface area contributed by atoms with Crippen LogP contribution < -0.4 is 26.8 Å². The summed E-state index contributed by atoms with van der Waals surface area (Å²) in [7, 11) is 1.50. The van der Waals surface area contributed by atoms with Gasteiger partial charge in [-0.3, -0.25) is 48.4 Å². The van der Waals surface area contributed by atoms with E-state index in [0.29, 0.717) is 26.1 Å². The molecule has 19 nitrogen and oxygen atoms in total. The average Bonchev–Trinajstić information content (AvgIpc) is 3.05. The lowest BCUT2D eigenvalue weighted by molar-refractivity contribution is -0.144. The van der Waals surface area contributed by atoms with Gasteiger partial charge in [0.05, 0.1) is 39.5 Å². The van der Waals surface area contributed by atoms with Crippen LogP contribution in [0.4, 0.5) is 11.4 Å². The van der Waals surface area contributed by atoms with Crippen molar-refractivity contribution >= 4 is 41.5 Å². The molecular weight excluding hydrogens is 650 g/mol. The van der Waals surface area contributed by atoms with Crippen molar-refractivity contribution in [3.05, 3.63) is 20.4 Å². The predicted molar refractivity (Wildman–Crippen MR) is 177 cm³/mol. The highest BCUT2D eigenvalue weighted by Gasteiger charge is 2.28. The highest BCUT2D eigenvalue weighted by Crippen LogP contribution is 2.15. The highest BCUT2D eigenvalue weighted by molar-refractivity contribution is 5.76. The van der Waals surface area contributed by atoms with E-state index in [1.54, 1.807) is 14.7 Å². The predicted octanol–water partition coefficient (Wildman–Crippen LogP) is -3.29. The van der Waals surface area contributed by atoms with Gasteiger partial charge in [0.1, 0.15) is 30.3 Å². The molecule has 0 radical (unpaired) electrons. The van der Waals surface area contributed by atoms with Crippen molar-refractivity contribution in [1.29, 1.82) is 0 Å². The van der Waals surface area contributed by atoms with E-state index in [2.05, 4.69) is 16.0 Å². The molecule has 1 heterocycles. The van der Waals surface area contributed by atoms with Gasteiger partial charge in [-0.25, -0.2) is 0 Å². The minimum absolute atomic E-state index is 0.0795. The number of aldehydes is 1. The molecule has 0 bridgehead atoms. The van der Waals surface area contributed by atoms with Crippen LogP contribution >= 0.6 is 0 Å². The Bertz CT molecular complexity index is 1290. The number of carboxylic acid groups (broad SMARTS) is 3. The van der Waals surface area contributed by atoms with E-state index in [9.17, 15) is 48.9 Å². The summed E-state index contributed by atoms with van der Waals surface area (Å²) in [6.45, 7) is 2.78. The van der Waals surface area contributed by atoms with E-state index in [0.717, 1.165) is 6.29 Å². The van der Waals surface area contributed by atoms with Crippen molar-refractivity contribution in [2.45, 2.75) is 18.9 Å². The second-order valence-corrected chi connectivity index (χ2v) is 11.4. The number of ether oxygens (including phenoxy) is 2. The van der Waals surface area contributed by atoms with Crippen molar-refractivity contribution in [3.8, 4) is 0 Å². The molecule has 1 fully saturated rings. The normalized spacial score (nSPS) is 16.7. The van der Waals surface area contributed by atoms with E-state index in [1.807, 2.05) is 4.90 Å². The smallest absolute Gasteiger partial charge is 0.320 e. The molecule has 19 heteroatoms. The number of hydrogen-bond donors (Lipinski definition) is 6. The molecular formula is C30H49N7O12. The molecule has 1 saturated heterocycles. The molecule has 1 atom stereocenters. The molecule has 2 rings (SSSR count). The van der Waals surface area contributed by atoms with Gasteiger partial charge in [-0.15, -0.1) is 0 Å². The van der Waals surface area contributed by atoms with E-state index in [4.69, 9.17) is 9.47 Å². The molecule has 0 saturated carbocycles. The van der Waals surface area contributed by atoms with Crippen LogP contribution in [0.25, 0.3) is 0 Å². The number of nitrogens with zero attached hydrogens (tertiary/aromatic N) is 4. The molecule has 1 aromatic rings. The third-order valence-electron chi connectivity index (χ3n) is 7.95. The van der Waals surface area contributed by atoms with Crippen molar-refractivity contribution in [1.82, 2.24) is 24.9 Å². The van der Waals surface area contributed by atoms with Gasteiger partial charge in [-0.05, 0) is 12.8 Å². The summed E-state index contributed by atoms with van der Waals surface area (Å²) < 4.78 is 10.5. The van der Waals surface area contributed by atoms with E-state index >= 15 is 0 Å². The fourth-order valence-corrected chi connectivity index (χ4v) is 5.26. The number of carboxylic acids is 3. The lowest BCUT2D eigenvalue weighted by Gasteiger charge is -2.35. The second kappa shape index (κ2) is 22.6. The Balaban J connectivity index is 1.96. The molecule has 0 spiro atoms. The van der Waals surface area contributed by atoms with Crippen LogP contribution in [0.2, 0.25) is 0 Å². The molecule has 0 aromatic heterocycles. The second-order valence-electron chi connectivity index (χ2n) is 11.4. The Hall–Kier alpha value is -4.01. The lowest BCUT2D eigenvalue weighted by Crippen LogP contribution is -2.51. The summed E-state index contributed by atoms with van der Waals surface area (Å²) in [5, 5.41) is 37.1. The van der Waals surface area contributed by atoms with Crippen molar-refractivity contribution < 1.29 is 48.8 Å². The number of anilines is 2. The fraction of sp³-hybridized carbons (Fsp3) is 0.700. The van der Waals surface area contributed by atoms with E-state index in [1.165, 1.54) is 7.05 Å². The lowest BCUT2D eigenvalue weighted by atomic mass is 10.1. The first-order chi connectivity index (χ1) is 23.5. The molecule has 1 aliphatic heterocycles. The molecule has 0 aliphatic carbocycles. The van der Waals surface area contributed by atoms with Gasteiger partial charge >= 0.3 is 17.9 Å². The Morgan fingerprint density at radius 3 is 1.80 bits per heavy atom. The summed E-state index contributed by atoms with van der Waals surface area (Å²) in [5.41, 5.74) is -1.11. The third-order valence-corrected chi connectivity index (χ3v) is 7.95. The van der Waals surface area contributed by atoms with Gasteiger partial charge in [0.2, 0.25) is 5.91 Å². The number of likely N-dealkylation sites (N-methyl/N-ethyl adjacent to an activating group) is 1. The first-order valence-electron chi connectivity index (χ1n) is 16.1. The van der Waals surface area contributed by atoms with Crippen LogP contribution in [0.5, 0.6) is 0 Å². The summed E-state index contributed by atoms with van der Waals surface area (Å²) in [4.78, 5) is 89.0. The first-order valence-corrected chi connectivity index (χ1v) is 16.1. The molecule has 49 heavy (non-hydrogen) atoms. The van der Waals surface area contributed by atoms with Gasteiger partial charge in [0.25, 0.3) is 10.9 Å².